The summed E-state index contributed by atoms with van der Waals surface area (Å²) in [5.41, 5.74) is -0.675. The molecule has 0 aromatic heterocycles. The molecule has 5 atom stereocenters. The van der Waals surface area contributed by atoms with Crippen molar-refractivity contribution in [1.29, 1.82) is 0 Å². The summed E-state index contributed by atoms with van der Waals surface area (Å²) in [7, 11) is 0. The Morgan fingerprint density at radius 1 is 1.27 bits per heavy atom. The Labute approximate surface area is 178 Å². The quantitative estimate of drug-likeness (QED) is 0.293. The van der Waals surface area contributed by atoms with E-state index in [9.17, 15) is 20.1 Å². The summed E-state index contributed by atoms with van der Waals surface area (Å²) in [6, 6.07) is -1.54. The van der Waals surface area contributed by atoms with Crippen molar-refractivity contribution >= 4 is 6.09 Å². The Morgan fingerprint density at radius 2 is 1.87 bits per heavy atom. The van der Waals surface area contributed by atoms with Gasteiger partial charge in [0.1, 0.15) is 42.7 Å². The predicted octanol–water partition coefficient (Wildman–Crippen LogP) is -0.299. The van der Waals surface area contributed by atoms with Crippen molar-refractivity contribution in [3.05, 3.63) is 25.3 Å². The first kappa shape index (κ1) is 26.1. The zero-order chi connectivity index (χ0) is 22.9. The van der Waals surface area contributed by atoms with Crippen molar-refractivity contribution in [3.8, 4) is 11.8 Å². The summed E-state index contributed by atoms with van der Waals surface area (Å²) in [5, 5.41) is 39.6. The molecule has 170 valence electrons. The molecule has 0 aromatic carbocycles. The molecular formula is C21H34N2O7. The van der Waals surface area contributed by atoms with Gasteiger partial charge in [0.25, 0.3) is 0 Å². The molecule has 1 heterocycles. The lowest BCUT2D eigenvalue weighted by Crippen LogP contribution is -2.52. The Balaban J connectivity index is 3.14. The van der Waals surface area contributed by atoms with E-state index in [1.54, 1.807) is 37.8 Å². The van der Waals surface area contributed by atoms with Crippen LogP contribution in [0.2, 0.25) is 0 Å². The van der Waals surface area contributed by atoms with E-state index >= 15 is 0 Å². The Bertz CT molecular complexity index is 627. The van der Waals surface area contributed by atoms with Crippen LogP contribution in [0.4, 0.5) is 4.79 Å². The van der Waals surface area contributed by atoms with Gasteiger partial charge in [0.05, 0.1) is 13.2 Å². The molecule has 1 fully saturated rings. The van der Waals surface area contributed by atoms with Gasteiger partial charge in [0.2, 0.25) is 0 Å². The molecule has 9 nitrogen and oxygen atoms in total. The molecule has 0 aliphatic carbocycles. The lowest BCUT2D eigenvalue weighted by molar-refractivity contribution is -0.0922. The van der Waals surface area contributed by atoms with E-state index in [-0.39, 0.29) is 13.3 Å². The predicted molar refractivity (Wildman–Crippen MR) is 111 cm³/mol. The number of hydrogen-bond acceptors (Lipinski definition) is 8. The molecule has 0 bridgehead atoms. The number of amides is 1. The van der Waals surface area contributed by atoms with E-state index in [1.807, 2.05) is 0 Å². The van der Waals surface area contributed by atoms with Gasteiger partial charge in [-0.3, -0.25) is 9.80 Å². The monoisotopic (exact) mass is 426 g/mol. The van der Waals surface area contributed by atoms with Gasteiger partial charge in [-0.15, -0.1) is 13.2 Å². The van der Waals surface area contributed by atoms with E-state index in [0.717, 1.165) is 0 Å². The van der Waals surface area contributed by atoms with Crippen LogP contribution in [0.1, 0.15) is 20.8 Å². The first-order valence-corrected chi connectivity index (χ1v) is 9.75. The molecule has 0 saturated carbocycles. The summed E-state index contributed by atoms with van der Waals surface area (Å²) >= 11 is 0. The summed E-state index contributed by atoms with van der Waals surface area (Å²) in [6.45, 7) is 12.7. The van der Waals surface area contributed by atoms with Crippen LogP contribution in [-0.4, -0.2) is 105 Å². The van der Waals surface area contributed by atoms with E-state index in [1.165, 1.54) is 4.90 Å². The Morgan fingerprint density at radius 3 is 2.37 bits per heavy atom. The molecule has 9 heteroatoms. The highest BCUT2D eigenvalue weighted by atomic mass is 16.6. The standard InChI is InChI=1S/C21H34N2O7/c1-6-10-22(11-7-2)16(18(26)19(27)17(25)12-24)9-8-15-13-29-14-23(15)20(28)30-21(3,4)5/h6-7,15-19,24-27H,1-2,10-14H2,3-5H3/t15?,16?,17-,18-,19-/m1/s1. The molecule has 1 aliphatic heterocycles. The molecule has 30 heavy (non-hydrogen) atoms. The largest absolute Gasteiger partial charge is 0.444 e. The summed E-state index contributed by atoms with van der Waals surface area (Å²) in [5.74, 6) is 5.80. The minimum atomic E-state index is -1.63. The number of carbonyl (C=O) groups excluding carboxylic acids is 1. The van der Waals surface area contributed by atoms with Crippen LogP contribution < -0.4 is 0 Å². The van der Waals surface area contributed by atoms with Gasteiger partial charge < -0.3 is 29.9 Å². The van der Waals surface area contributed by atoms with E-state index < -0.39 is 48.7 Å². The molecule has 1 rings (SSSR count). The van der Waals surface area contributed by atoms with Crippen molar-refractivity contribution in [3.63, 3.8) is 0 Å². The van der Waals surface area contributed by atoms with Crippen LogP contribution in [-0.2, 0) is 9.47 Å². The lowest BCUT2D eigenvalue weighted by atomic mass is 9.99. The molecule has 0 radical (unpaired) electrons. The van der Waals surface area contributed by atoms with Gasteiger partial charge in [0, 0.05) is 13.1 Å². The van der Waals surface area contributed by atoms with Gasteiger partial charge in [-0.05, 0) is 20.8 Å². The van der Waals surface area contributed by atoms with Crippen molar-refractivity contribution in [2.24, 2.45) is 0 Å². The summed E-state index contributed by atoms with van der Waals surface area (Å²) in [6.07, 6.45) is -2.03. The molecule has 1 aliphatic rings. The zero-order valence-electron chi connectivity index (χ0n) is 17.9. The molecular weight excluding hydrogens is 392 g/mol. The topological polar surface area (TPSA) is 123 Å². The van der Waals surface area contributed by atoms with Gasteiger partial charge >= 0.3 is 6.09 Å². The molecule has 4 N–H and O–H groups in total. The molecule has 0 spiro atoms. The molecule has 0 aromatic rings. The maximum absolute atomic E-state index is 12.4. The number of hydrogen-bond donors (Lipinski definition) is 4. The van der Waals surface area contributed by atoms with Crippen LogP contribution >= 0.6 is 0 Å². The smallest absolute Gasteiger partial charge is 0.413 e. The number of aliphatic hydroxyl groups is 4. The fourth-order valence-electron chi connectivity index (χ4n) is 2.79. The second-order valence-electron chi connectivity index (χ2n) is 7.96. The number of ether oxygens (including phenoxy) is 2. The van der Waals surface area contributed by atoms with Gasteiger partial charge in [0.15, 0.2) is 0 Å². The third kappa shape index (κ3) is 7.72. The normalized spacial score (nSPS) is 20.7. The average molecular weight is 427 g/mol. The molecule has 2 unspecified atom stereocenters. The SMILES string of the molecule is C=CCN(CC=C)C(C#CC1COCN1C(=O)OC(C)(C)C)[C@@H](O)[C@H](O)[C@H](O)CO. The van der Waals surface area contributed by atoms with E-state index in [4.69, 9.17) is 14.6 Å². The highest BCUT2D eigenvalue weighted by molar-refractivity contribution is 5.69. The van der Waals surface area contributed by atoms with Crippen LogP contribution in [0.5, 0.6) is 0 Å². The zero-order valence-corrected chi connectivity index (χ0v) is 17.9. The average Bonchev–Trinajstić information content (AvgIpc) is 3.14. The van der Waals surface area contributed by atoms with Crippen LogP contribution in [0.25, 0.3) is 0 Å². The Kier molecular flexibility index (Phi) is 10.5. The van der Waals surface area contributed by atoms with Crippen molar-refractivity contribution in [2.45, 2.75) is 56.8 Å². The van der Waals surface area contributed by atoms with Crippen molar-refractivity contribution in [1.82, 2.24) is 9.80 Å². The summed E-state index contributed by atoms with van der Waals surface area (Å²) < 4.78 is 10.7. The summed E-state index contributed by atoms with van der Waals surface area (Å²) in [4.78, 5) is 15.4. The van der Waals surface area contributed by atoms with Gasteiger partial charge in [-0.2, -0.15) is 0 Å². The third-order valence-corrected chi connectivity index (χ3v) is 4.28. The fourth-order valence-corrected chi connectivity index (χ4v) is 2.79. The van der Waals surface area contributed by atoms with E-state index in [0.29, 0.717) is 13.1 Å². The molecule has 1 saturated heterocycles. The minimum absolute atomic E-state index is 0.0242. The second-order valence-corrected chi connectivity index (χ2v) is 7.96. The van der Waals surface area contributed by atoms with Crippen molar-refractivity contribution in [2.75, 3.05) is 33.0 Å². The number of nitrogens with zero attached hydrogens (tertiary/aromatic N) is 2. The number of aliphatic hydroxyl groups excluding tert-OH is 4. The van der Waals surface area contributed by atoms with Crippen LogP contribution in [0.3, 0.4) is 0 Å². The highest BCUT2D eigenvalue weighted by Crippen LogP contribution is 2.17. The highest BCUT2D eigenvalue weighted by Gasteiger charge is 2.35. The third-order valence-electron chi connectivity index (χ3n) is 4.28. The number of carbonyl (C=O) groups is 1. The fraction of sp³-hybridized carbons (Fsp3) is 0.667. The van der Waals surface area contributed by atoms with Crippen molar-refractivity contribution < 1.29 is 34.7 Å². The van der Waals surface area contributed by atoms with E-state index in [2.05, 4.69) is 25.0 Å². The minimum Gasteiger partial charge on any atom is -0.444 e. The Hall–Kier alpha value is -1.93. The van der Waals surface area contributed by atoms with Crippen LogP contribution in [0.15, 0.2) is 25.3 Å². The maximum atomic E-state index is 12.4. The first-order valence-electron chi connectivity index (χ1n) is 9.75. The molecule has 1 amide bonds. The maximum Gasteiger partial charge on any atom is 0.413 e. The van der Waals surface area contributed by atoms with Gasteiger partial charge in [-0.25, -0.2) is 4.79 Å². The second kappa shape index (κ2) is 12.1. The van der Waals surface area contributed by atoms with Crippen LogP contribution in [0, 0.1) is 11.8 Å². The van der Waals surface area contributed by atoms with Gasteiger partial charge in [-0.1, -0.05) is 24.0 Å². The lowest BCUT2D eigenvalue weighted by Gasteiger charge is -2.33. The number of rotatable bonds is 9. The first-order chi connectivity index (χ1) is 14.1.